The number of aromatic nitrogens is 2. The van der Waals surface area contributed by atoms with E-state index in [2.05, 4.69) is 20.6 Å². The predicted molar refractivity (Wildman–Crippen MR) is 95.1 cm³/mol. The van der Waals surface area contributed by atoms with Crippen molar-refractivity contribution in [1.82, 2.24) is 9.97 Å². The number of benzene rings is 2. The fourth-order valence-corrected chi connectivity index (χ4v) is 2.36. The third-order valence-corrected chi connectivity index (χ3v) is 3.83. The zero-order chi connectivity index (χ0) is 18.5. The molecule has 132 valence electrons. The second kappa shape index (κ2) is 7.88. The quantitative estimate of drug-likeness (QED) is 0.699. The van der Waals surface area contributed by atoms with E-state index in [1.165, 1.54) is 18.3 Å². The summed E-state index contributed by atoms with van der Waals surface area (Å²) in [7, 11) is 0. The van der Waals surface area contributed by atoms with Crippen molar-refractivity contribution in [3.05, 3.63) is 82.6 Å². The molecule has 0 aliphatic carbocycles. The van der Waals surface area contributed by atoms with Crippen LogP contribution in [0.4, 0.5) is 20.4 Å². The molecule has 0 aliphatic rings. The first-order valence-corrected chi connectivity index (χ1v) is 7.97. The van der Waals surface area contributed by atoms with Gasteiger partial charge < -0.3 is 10.6 Å². The molecule has 8 heteroatoms. The molecule has 1 aromatic heterocycles. The summed E-state index contributed by atoms with van der Waals surface area (Å²) in [6, 6.07) is 11.8. The molecule has 1 amide bonds. The van der Waals surface area contributed by atoms with Crippen LogP contribution in [0.3, 0.4) is 0 Å². The molecule has 0 atom stereocenters. The summed E-state index contributed by atoms with van der Waals surface area (Å²) in [4.78, 5) is 20.4. The van der Waals surface area contributed by atoms with Crippen LogP contribution in [0, 0.1) is 11.6 Å². The summed E-state index contributed by atoms with van der Waals surface area (Å²) in [5.74, 6) is -2.37. The fraction of sp³-hybridized carbons (Fsp3) is 0.0556. The molecule has 0 aliphatic heterocycles. The van der Waals surface area contributed by atoms with Crippen LogP contribution in [-0.2, 0) is 6.54 Å². The summed E-state index contributed by atoms with van der Waals surface area (Å²) < 4.78 is 26.2. The van der Waals surface area contributed by atoms with Crippen LogP contribution >= 0.6 is 11.6 Å². The fourth-order valence-electron chi connectivity index (χ4n) is 2.16. The molecule has 2 N–H and O–H groups in total. The van der Waals surface area contributed by atoms with Crippen LogP contribution in [0.15, 0.2) is 54.7 Å². The number of anilines is 2. The Kier molecular flexibility index (Phi) is 5.38. The van der Waals surface area contributed by atoms with Crippen LogP contribution < -0.4 is 10.6 Å². The lowest BCUT2D eigenvalue weighted by Gasteiger charge is -2.08. The third-order valence-electron chi connectivity index (χ3n) is 3.46. The molecular weight excluding hydrogens is 362 g/mol. The summed E-state index contributed by atoms with van der Waals surface area (Å²) >= 11 is 6.08. The summed E-state index contributed by atoms with van der Waals surface area (Å²) in [5, 5.41) is 6.04. The van der Waals surface area contributed by atoms with Gasteiger partial charge in [-0.1, -0.05) is 29.8 Å². The molecule has 0 saturated heterocycles. The Morgan fingerprint density at radius 2 is 1.88 bits per heavy atom. The number of rotatable bonds is 5. The Morgan fingerprint density at radius 1 is 1.08 bits per heavy atom. The van der Waals surface area contributed by atoms with E-state index in [1.54, 1.807) is 6.07 Å². The van der Waals surface area contributed by atoms with Crippen molar-refractivity contribution in [2.45, 2.75) is 6.54 Å². The molecule has 0 bridgehead atoms. The van der Waals surface area contributed by atoms with Gasteiger partial charge in [0.05, 0.1) is 0 Å². The van der Waals surface area contributed by atoms with Crippen LogP contribution in [0.1, 0.15) is 16.1 Å². The molecule has 2 aromatic carbocycles. The van der Waals surface area contributed by atoms with E-state index in [1.807, 2.05) is 18.2 Å². The number of halogens is 3. The number of amides is 1. The van der Waals surface area contributed by atoms with Gasteiger partial charge in [-0.05, 0) is 29.8 Å². The van der Waals surface area contributed by atoms with E-state index < -0.39 is 17.5 Å². The standard InChI is InChI=1S/C18H13ClF2N4O/c19-13-4-2-1-3-11(13)10-23-18-22-8-7-16(25-18)17(26)24-12-5-6-14(20)15(21)9-12/h1-9H,10H2,(H,24,26)(H,22,23,25). The Balaban J connectivity index is 1.69. The monoisotopic (exact) mass is 374 g/mol. The number of carbonyl (C=O) groups excluding carboxylic acids is 1. The van der Waals surface area contributed by atoms with Gasteiger partial charge in [0.1, 0.15) is 5.69 Å². The van der Waals surface area contributed by atoms with E-state index >= 15 is 0 Å². The van der Waals surface area contributed by atoms with Crippen molar-refractivity contribution in [3.8, 4) is 0 Å². The lowest BCUT2D eigenvalue weighted by atomic mass is 10.2. The molecule has 1 heterocycles. The van der Waals surface area contributed by atoms with Crippen molar-refractivity contribution in [2.24, 2.45) is 0 Å². The smallest absolute Gasteiger partial charge is 0.274 e. The maximum Gasteiger partial charge on any atom is 0.274 e. The molecule has 0 saturated carbocycles. The van der Waals surface area contributed by atoms with E-state index in [0.29, 0.717) is 11.6 Å². The third kappa shape index (κ3) is 4.31. The number of hydrogen-bond donors (Lipinski definition) is 2. The molecule has 0 spiro atoms. The maximum absolute atomic E-state index is 13.2. The Hall–Kier alpha value is -3.06. The molecule has 3 aromatic rings. The van der Waals surface area contributed by atoms with Crippen LogP contribution in [0.2, 0.25) is 5.02 Å². The van der Waals surface area contributed by atoms with Gasteiger partial charge >= 0.3 is 0 Å². The van der Waals surface area contributed by atoms with Crippen LogP contribution in [0.5, 0.6) is 0 Å². The largest absolute Gasteiger partial charge is 0.350 e. The van der Waals surface area contributed by atoms with Gasteiger partial charge in [0.25, 0.3) is 5.91 Å². The highest BCUT2D eigenvalue weighted by Crippen LogP contribution is 2.16. The lowest BCUT2D eigenvalue weighted by Crippen LogP contribution is -2.15. The topological polar surface area (TPSA) is 66.9 Å². The number of nitrogens with one attached hydrogen (secondary N) is 2. The lowest BCUT2D eigenvalue weighted by molar-refractivity contribution is 0.102. The van der Waals surface area contributed by atoms with Gasteiger partial charge in [0, 0.05) is 29.5 Å². The van der Waals surface area contributed by atoms with Gasteiger partial charge in [-0.15, -0.1) is 0 Å². The molecular formula is C18H13ClF2N4O. The van der Waals surface area contributed by atoms with Gasteiger partial charge in [-0.2, -0.15) is 0 Å². The van der Waals surface area contributed by atoms with Crippen LogP contribution in [0.25, 0.3) is 0 Å². The second-order valence-electron chi connectivity index (χ2n) is 5.29. The zero-order valence-electron chi connectivity index (χ0n) is 13.3. The first-order chi connectivity index (χ1) is 12.5. The molecule has 0 fully saturated rings. The Labute approximate surface area is 153 Å². The minimum Gasteiger partial charge on any atom is -0.350 e. The van der Waals surface area contributed by atoms with Crippen molar-refractivity contribution < 1.29 is 13.6 Å². The first kappa shape index (κ1) is 17.8. The van der Waals surface area contributed by atoms with Crippen molar-refractivity contribution in [3.63, 3.8) is 0 Å². The SMILES string of the molecule is O=C(Nc1ccc(F)c(F)c1)c1ccnc(NCc2ccccc2Cl)n1. The van der Waals surface area contributed by atoms with Crippen molar-refractivity contribution in [2.75, 3.05) is 10.6 Å². The molecule has 5 nitrogen and oxygen atoms in total. The van der Waals surface area contributed by atoms with Crippen molar-refractivity contribution in [1.29, 1.82) is 0 Å². The summed E-state index contributed by atoms with van der Waals surface area (Å²) in [6.07, 6.45) is 1.42. The molecule has 3 rings (SSSR count). The first-order valence-electron chi connectivity index (χ1n) is 7.59. The van der Waals surface area contributed by atoms with Gasteiger partial charge in [0.15, 0.2) is 11.6 Å². The summed E-state index contributed by atoms with van der Waals surface area (Å²) in [6.45, 7) is 0.383. The number of nitrogens with zero attached hydrogens (tertiary/aromatic N) is 2. The molecule has 0 radical (unpaired) electrons. The van der Waals surface area contributed by atoms with Gasteiger partial charge in [-0.3, -0.25) is 4.79 Å². The minimum atomic E-state index is -1.05. The highest BCUT2D eigenvalue weighted by atomic mass is 35.5. The van der Waals surface area contributed by atoms with E-state index in [-0.39, 0.29) is 17.3 Å². The number of carbonyl (C=O) groups is 1. The van der Waals surface area contributed by atoms with Gasteiger partial charge in [0.2, 0.25) is 5.95 Å². The van der Waals surface area contributed by atoms with E-state index in [4.69, 9.17) is 11.6 Å². The van der Waals surface area contributed by atoms with Crippen LogP contribution in [-0.4, -0.2) is 15.9 Å². The number of hydrogen-bond acceptors (Lipinski definition) is 4. The normalized spacial score (nSPS) is 10.4. The average molecular weight is 375 g/mol. The summed E-state index contributed by atoms with van der Waals surface area (Å²) in [5.41, 5.74) is 1.05. The van der Waals surface area contributed by atoms with Gasteiger partial charge in [-0.25, -0.2) is 18.7 Å². The highest BCUT2D eigenvalue weighted by molar-refractivity contribution is 6.31. The zero-order valence-corrected chi connectivity index (χ0v) is 14.1. The Bertz CT molecular complexity index is 952. The molecule has 26 heavy (non-hydrogen) atoms. The van der Waals surface area contributed by atoms with E-state index in [0.717, 1.165) is 17.7 Å². The van der Waals surface area contributed by atoms with E-state index in [9.17, 15) is 13.6 Å². The average Bonchev–Trinajstić information content (AvgIpc) is 2.64. The maximum atomic E-state index is 13.2. The molecule has 0 unspecified atom stereocenters. The predicted octanol–water partition coefficient (Wildman–Crippen LogP) is 4.27. The second-order valence-corrected chi connectivity index (χ2v) is 5.70. The highest BCUT2D eigenvalue weighted by Gasteiger charge is 2.11. The van der Waals surface area contributed by atoms with Crippen molar-refractivity contribution >= 4 is 29.1 Å². The minimum absolute atomic E-state index is 0.0754. The Morgan fingerprint density at radius 3 is 2.65 bits per heavy atom.